The molecule has 2 fully saturated rings. The van der Waals surface area contributed by atoms with Crippen molar-refractivity contribution in [3.63, 3.8) is 0 Å². The number of imidazole rings is 2. The molecule has 0 amide bonds. The van der Waals surface area contributed by atoms with Gasteiger partial charge in [-0.1, -0.05) is 26.8 Å². The van der Waals surface area contributed by atoms with Crippen molar-refractivity contribution in [1.82, 2.24) is 34.4 Å². The molecule has 1 aromatic carbocycles. The van der Waals surface area contributed by atoms with Gasteiger partial charge in [0, 0.05) is 18.6 Å². The van der Waals surface area contributed by atoms with Crippen LogP contribution in [0.15, 0.2) is 30.9 Å². The highest BCUT2D eigenvalue weighted by Gasteiger charge is 2.46. The maximum atomic E-state index is 11.0. The van der Waals surface area contributed by atoms with Crippen LogP contribution in [0.4, 0.5) is 5.82 Å². The first-order chi connectivity index (χ1) is 19.9. The molecule has 6 N–H and O–H groups in total. The van der Waals surface area contributed by atoms with Crippen LogP contribution in [0.25, 0.3) is 22.2 Å². The second kappa shape index (κ2) is 10.8. The van der Waals surface area contributed by atoms with Crippen LogP contribution in [0.5, 0.6) is 0 Å². The van der Waals surface area contributed by atoms with Crippen molar-refractivity contribution in [3.05, 3.63) is 42.2 Å². The highest BCUT2D eigenvalue weighted by Crippen LogP contribution is 2.40. The molecule has 226 valence electrons. The lowest BCUT2D eigenvalue weighted by atomic mass is 9.75. The third kappa shape index (κ3) is 5.26. The number of nitrogens with zero attached hydrogens (tertiary/aromatic N) is 6. The van der Waals surface area contributed by atoms with Crippen molar-refractivity contribution < 1.29 is 20.1 Å². The van der Waals surface area contributed by atoms with Gasteiger partial charge in [0.1, 0.15) is 42.1 Å². The van der Waals surface area contributed by atoms with Crippen LogP contribution >= 0.6 is 0 Å². The number of aliphatic hydroxyl groups is 3. The number of aromatic amines is 1. The van der Waals surface area contributed by atoms with Crippen LogP contribution in [0.1, 0.15) is 77.6 Å². The third-order valence-electron chi connectivity index (χ3n) is 8.97. The average Bonchev–Trinajstić information content (AvgIpc) is 3.61. The number of fused-ring (bicyclic) bond motifs is 2. The third-order valence-corrected chi connectivity index (χ3v) is 8.97. The summed E-state index contributed by atoms with van der Waals surface area (Å²) >= 11 is 0. The molecule has 4 heterocycles. The van der Waals surface area contributed by atoms with Gasteiger partial charge < -0.3 is 30.8 Å². The molecule has 0 bridgehead atoms. The normalized spacial score (nSPS) is 27.4. The number of aliphatic hydroxyl groups excluding tert-OH is 3. The lowest BCUT2D eigenvalue weighted by molar-refractivity contribution is -0.0640. The van der Waals surface area contributed by atoms with Crippen LogP contribution in [-0.4, -0.2) is 86.6 Å². The molecule has 5 unspecified atom stereocenters. The highest BCUT2D eigenvalue weighted by atomic mass is 16.6. The molecule has 5 atom stereocenters. The Hall–Kier alpha value is -3.16. The summed E-state index contributed by atoms with van der Waals surface area (Å²) in [5, 5.41) is 32.8. The number of nitrogen functional groups attached to an aromatic ring is 1. The molecule has 3 aromatic heterocycles. The molecule has 1 saturated heterocycles. The number of rotatable bonds is 8. The maximum absolute atomic E-state index is 11.0. The van der Waals surface area contributed by atoms with E-state index in [2.05, 4.69) is 76.6 Å². The van der Waals surface area contributed by atoms with E-state index in [1.54, 1.807) is 4.57 Å². The van der Waals surface area contributed by atoms with E-state index in [1.165, 1.54) is 18.2 Å². The monoisotopic (exact) mass is 578 g/mol. The zero-order valence-corrected chi connectivity index (χ0v) is 24.8. The minimum atomic E-state index is -1.15. The van der Waals surface area contributed by atoms with Crippen molar-refractivity contribution >= 4 is 28.0 Å². The number of benzene rings is 1. The standard InChI is InChI=1S/C30H42N8O4/c1-15(2)37(12-22-24(40)25(41)29(42-22)38-14-34-23-26(31)32-13-33-28(23)38)18-8-16(9-18)10-21(39)27-35-19-7-6-17(30(3,4)5)11-20(19)36-27/h6-7,11,13-16,18,21-22,24-25,29,39-41H,8-10,12H2,1-5H3,(H,35,36)(H2,31,32,33). The fourth-order valence-corrected chi connectivity index (χ4v) is 6.40. The molecule has 1 aliphatic heterocycles. The summed E-state index contributed by atoms with van der Waals surface area (Å²) in [6.07, 6.45) is 1.03. The molecule has 1 saturated carbocycles. The molecule has 12 heteroatoms. The molecule has 12 nitrogen and oxygen atoms in total. The Labute approximate surface area is 245 Å². The number of aromatic nitrogens is 6. The summed E-state index contributed by atoms with van der Waals surface area (Å²) in [5.74, 6) is 1.22. The Morgan fingerprint density at radius 3 is 2.62 bits per heavy atom. The number of hydrogen-bond acceptors (Lipinski definition) is 10. The van der Waals surface area contributed by atoms with Gasteiger partial charge in [-0.2, -0.15) is 0 Å². The van der Waals surface area contributed by atoms with Gasteiger partial charge >= 0.3 is 0 Å². The van der Waals surface area contributed by atoms with Gasteiger partial charge in [-0.05, 0) is 62.1 Å². The number of nitrogens with two attached hydrogens (primary N) is 1. The van der Waals surface area contributed by atoms with E-state index in [9.17, 15) is 15.3 Å². The summed E-state index contributed by atoms with van der Waals surface area (Å²) in [5.41, 5.74) is 9.86. The summed E-state index contributed by atoms with van der Waals surface area (Å²) in [4.78, 5) is 22.8. The predicted molar refractivity (Wildman–Crippen MR) is 158 cm³/mol. The zero-order chi connectivity index (χ0) is 29.9. The lowest BCUT2D eigenvalue weighted by Gasteiger charge is -2.46. The summed E-state index contributed by atoms with van der Waals surface area (Å²) in [7, 11) is 0. The summed E-state index contributed by atoms with van der Waals surface area (Å²) in [6, 6.07) is 6.74. The predicted octanol–water partition coefficient (Wildman–Crippen LogP) is 2.81. The SMILES string of the molecule is CC(C)N(CC1OC(n2cnc3c(N)ncnc32)C(O)C1O)C1CC(CC(O)c2nc3ccc(C(C)(C)C)cc3[nH]2)C1. The minimum absolute atomic E-state index is 0.0389. The Kier molecular flexibility index (Phi) is 7.47. The van der Waals surface area contributed by atoms with E-state index in [0.717, 1.165) is 23.9 Å². The van der Waals surface area contributed by atoms with Crippen LogP contribution in [0, 0.1) is 5.92 Å². The number of anilines is 1. The molecule has 42 heavy (non-hydrogen) atoms. The number of ether oxygens (including phenoxy) is 1. The molecule has 6 rings (SSSR count). The largest absolute Gasteiger partial charge is 0.387 e. The van der Waals surface area contributed by atoms with E-state index in [0.29, 0.717) is 41.9 Å². The first-order valence-corrected chi connectivity index (χ1v) is 14.8. The fourth-order valence-electron chi connectivity index (χ4n) is 6.40. The van der Waals surface area contributed by atoms with Crippen molar-refractivity contribution in [1.29, 1.82) is 0 Å². The molecule has 0 spiro atoms. The van der Waals surface area contributed by atoms with Crippen molar-refractivity contribution in [2.24, 2.45) is 5.92 Å². The van der Waals surface area contributed by atoms with E-state index in [-0.39, 0.29) is 17.3 Å². The molecular formula is C30H42N8O4. The fraction of sp³-hybridized carbons (Fsp3) is 0.600. The second-order valence-electron chi connectivity index (χ2n) is 13.3. The average molecular weight is 579 g/mol. The van der Waals surface area contributed by atoms with Crippen molar-refractivity contribution in [2.45, 2.75) is 102 Å². The Morgan fingerprint density at radius 2 is 1.90 bits per heavy atom. The van der Waals surface area contributed by atoms with E-state index in [4.69, 9.17) is 10.5 Å². The van der Waals surface area contributed by atoms with Crippen molar-refractivity contribution in [2.75, 3.05) is 12.3 Å². The van der Waals surface area contributed by atoms with Gasteiger partial charge in [0.15, 0.2) is 17.7 Å². The van der Waals surface area contributed by atoms with E-state index in [1.807, 2.05) is 6.07 Å². The molecule has 0 radical (unpaired) electrons. The molecular weight excluding hydrogens is 536 g/mol. The number of nitrogens with one attached hydrogen (secondary N) is 1. The summed E-state index contributed by atoms with van der Waals surface area (Å²) in [6.45, 7) is 11.3. The maximum Gasteiger partial charge on any atom is 0.167 e. The first-order valence-electron chi connectivity index (χ1n) is 14.8. The highest BCUT2D eigenvalue weighted by molar-refractivity contribution is 5.81. The lowest BCUT2D eigenvalue weighted by Crippen LogP contribution is -2.52. The number of hydrogen-bond donors (Lipinski definition) is 5. The first kappa shape index (κ1) is 28.9. The minimum Gasteiger partial charge on any atom is -0.387 e. The Bertz CT molecular complexity index is 1560. The van der Waals surface area contributed by atoms with E-state index >= 15 is 0 Å². The molecule has 1 aliphatic carbocycles. The van der Waals surface area contributed by atoms with Crippen LogP contribution < -0.4 is 5.73 Å². The van der Waals surface area contributed by atoms with Gasteiger partial charge in [-0.15, -0.1) is 0 Å². The summed E-state index contributed by atoms with van der Waals surface area (Å²) < 4.78 is 7.81. The van der Waals surface area contributed by atoms with Crippen LogP contribution in [-0.2, 0) is 10.2 Å². The van der Waals surface area contributed by atoms with Crippen LogP contribution in [0.3, 0.4) is 0 Å². The Balaban J connectivity index is 1.08. The van der Waals surface area contributed by atoms with Gasteiger partial charge in [0.2, 0.25) is 0 Å². The topological polar surface area (TPSA) is 171 Å². The van der Waals surface area contributed by atoms with Gasteiger partial charge in [-0.25, -0.2) is 19.9 Å². The Morgan fingerprint density at radius 1 is 1.14 bits per heavy atom. The second-order valence-corrected chi connectivity index (χ2v) is 13.3. The number of H-pyrrole nitrogens is 1. The van der Waals surface area contributed by atoms with Gasteiger partial charge in [0.05, 0.1) is 17.4 Å². The molecule has 2 aliphatic rings. The smallest absolute Gasteiger partial charge is 0.167 e. The van der Waals surface area contributed by atoms with Gasteiger partial charge in [0.25, 0.3) is 0 Å². The van der Waals surface area contributed by atoms with Crippen LogP contribution in [0.2, 0.25) is 0 Å². The zero-order valence-electron chi connectivity index (χ0n) is 24.8. The van der Waals surface area contributed by atoms with Gasteiger partial charge in [-0.3, -0.25) is 9.47 Å². The quantitative estimate of drug-likeness (QED) is 0.209. The molecule has 4 aromatic rings. The van der Waals surface area contributed by atoms with Crippen molar-refractivity contribution in [3.8, 4) is 0 Å². The van der Waals surface area contributed by atoms with E-state index < -0.39 is 30.6 Å².